The SMILES string of the molecule is CC(C)(C)n1nc(C2CC(O)C2)cc1Nc1ccc2c(c1)CSC2. The van der Waals surface area contributed by atoms with E-state index in [2.05, 4.69) is 55.0 Å². The number of fused-ring (bicyclic) bond motifs is 1. The van der Waals surface area contributed by atoms with Crippen LogP contribution in [0.5, 0.6) is 0 Å². The van der Waals surface area contributed by atoms with Crippen LogP contribution in [0.1, 0.15) is 56.4 Å². The minimum Gasteiger partial charge on any atom is -0.393 e. The number of benzene rings is 1. The molecule has 0 radical (unpaired) electrons. The largest absolute Gasteiger partial charge is 0.393 e. The Bertz CT molecular complexity index is 756. The molecule has 2 N–H and O–H groups in total. The monoisotopic (exact) mass is 343 g/mol. The molecule has 1 aliphatic heterocycles. The second-order valence-corrected chi connectivity index (χ2v) is 8.95. The number of anilines is 2. The minimum atomic E-state index is -0.152. The maximum Gasteiger partial charge on any atom is 0.129 e. The molecule has 0 spiro atoms. The number of nitrogens with one attached hydrogen (secondary N) is 1. The van der Waals surface area contributed by atoms with E-state index in [1.54, 1.807) is 0 Å². The van der Waals surface area contributed by atoms with Crippen molar-refractivity contribution in [2.75, 3.05) is 5.32 Å². The summed E-state index contributed by atoms with van der Waals surface area (Å²) in [6, 6.07) is 8.82. The second kappa shape index (κ2) is 5.81. The van der Waals surface area contributed by atoms with E-state index in [-0.39, 0.29) is 11.6 Å². The van der Waals surface area contributed by atoms with Gasteiger partial charge in [0.05, 0.1) is 17.3 Å². The van der Waals surface area contributed by atoms with Gasteiger partial charge in [-0.15, -0.1) is 0 Å². The van der Waals surface area contributed by atoms with E-state index in [9.17, 15) is 5.11 Å². The fourth-order valence-corrected chi connectivity index (χ4v) is 4.52. The molecule has 4 rings (SSSR count). The molecule has 0 saturated heterocycles. The lowest BCUT2D eigenvalue weighted by Gasteiger charge is -2.30. The molecule has 128 valence electrons. The fourth-order valence-electron chi connectivity index (χ4n) is 3.43. The Balaban J connectivity index is 1.63. The van der Waals surface area contributed by atoms with Crippen molar-refractivity contribution in [3.8, 4) is 0 Å². The van der Waals surface area contributed by atoms with E-state index in [0.717, 1.165) is 41.5 Å². The summed E-state index contributed by atoms with van der Waals surface area (Å²) in [6.45, 7) is 6.51. The highest BCUT2D eigenvalue weighted by Crippen LogP contribution is 2.39. The predicted octanol–water partition coefficient (Wildman–Crippen LogP) is 4.37. The maximum absolute atomic E-state index is 9.59. The Labute approximate surface area is 147 Å². The molecule has 1 saturated carbocycles. The summed E-state index contributed by atoms with van der Waals surface area (Å²) < 4.78 is 2.08. The molecule has 0 amide bonds. The van der Waals surface area contributed by atoms with Crippen LogP contribution in [0.3, 0.4) is 0 Å². The Kier molecular flexibility index (Phi) is 3.88. The molecular formula is C19H25N3OS. The third-order valence-electron chi connectivity index (χ3n) is 4.89. The first-order chi connectivity index (χ1) is 11.4. The van der Waals surface area contributed by atoms with Crippen LogP contribution in [0.15, 0.2) is 24.3 Å². The van der Waals surface area contributed by atoms with Gasteiger partial charge in [0.25, 0.3) is 0 Å². The summed E-state index contributed by atoms with van der Waals surface area (Å²) in [6.07, 6.45) is 1.51. The average molecular weight is 343 g/mol. The van der Waals surface area contributed by atoms with E-state index in [1.165, 1.54) is 11.1 Å². The Morgan fingerprint density at radius 1 is 1.17 bits per heavy atom. The number of nitrogens with zero attached hydrogens (tertiary/aromatic N) is 2. The fraction of sp³-hybridized carbons (Fsp3) is 0.526. The van der Waals surface area contributed by atoms with Gasteiger partial charge in [0.1, 0.15) is 5.82 Å². The maximum atomic E-state index is 9.59. The summed E-state index contributed by atoms with van der Waals surface area (Å²) in [5.74, 6) is 3.66. The highest BCUT2D eigenvalue weighted by atomic mass is 32.2. The second-order valence-electron chi connectivity index (χ2n) is 7.96. The summed E-state index contributed by atoms with van der Waals surface area (Å²) in [5, 5.41) is 18.0. The van der Waals surface area contributed by atoms with Gasteiger partial charge in [0.2, 0.25) is 0 Å². The molecule has 2 aliphatic rings. The van der Waals surface area contributed by atoms with E-state index >= 15 is 0 Å². The van der Waals surface area contributed by atoms with Gasteiger partial charge in [-0.25, -0.2) is 4.68 Å². The summed E-state index contributed by atoms with van der Waals surface area (Å²) in [7, 11) is 0. The van der Waals surface area contributed by atoms with Crippen molar-refractivity contribution in [1.29, 1.82) is 0 Å². The topological polar surface area (TPSA) is 50.1 Å². The zero-order valence-corrected chi connectivity index (χ0v) is 15.4. The predicted molar refractivity (Wildman–Crippen MR) is 99.9 cm³/mol. The zero-order valence-electron chi connectivity index (χ0n) is 14.5. The number of hydrogen-bond donors (Lipinski definition) is 2. The molecule has 0 atom stereocenters. The van der Waals surface area contributed by atoms with Crippen molar-refractivity contribution in [3.05, 3.63) is 41.1 Å². The minimum absolute atomic E-state index is 0.0878. The van der Waals surface area contributed by atoms with Gasteiger partial charge in [0, 0.05) is 29.2 Å². The first-order valence-corrected chi connectivity index (χ1v) is 9.81. The first-order valence-electron chi connectivity index (χ1n) is 8.65. The average Bonchev–Trinajstić information content (AvgIpc) is 3.09. The van der Waals surface area contributed by atoms with Gasteiger partial charge in [-0.1, -0.05) is 6.07 Å². The van der Waals surface area contributed by atoms with Crippen molar-refractivity contribution >= 4 is 23.3 Å². The van der Waals surface area contributed by atoms with Gasteiger partial charge < -0.3 is 10.4 Å². The van der Waals surface area contributed by atoms with Crippen LogP contribution in [0, 0.1) is 0 Å². The van der Waals surface area contributed by atoms with Gasteiger partial charge in [-0.05, 0) is 56.9 Å². The normalized spacial score (nSPS) is 23.0. The molecule has 1 aromatic heterocycles. The molecule has 5 heteroatoms. The summed E-state index contributed by atoms with van der Waals surface area (Å²) in [4.78, 5) is 0. The first kappa shape index (κ1) is 16.0. The lowest BCUT2D eigenvalue weighted by molar-refractivity contribution is 0.0728. The lowest BCUT2D eigenvalue weighted by atomic mass is 9.80. The van der Waals surface area contributed by atoms with Crippen LogP contribution in [0.2, 0.25) is 0 Å². The number of aliphatic hydroxyl groups excluding tert-OH is 1. The lowest BCUT2D eigenvalue weighted by Crippen LogP contribution is -2.28. The van der Waals surface area contributed by atoms with Crippen molar-refractivity contribution < 1.29 is 5.11 Å². The molecule has 4 nitrogen and oxygen atoms in total. The van der Waals surface area contributed by atoms with E-state index in [4.69, 9.17) is 5.10 Å². The van der Waals surface area contributed by atoms with E-state index < -0.39 is 0 Å². The standard InChI is InChI=1S/C19H25N3OS/c1-19(2,3)22-18(9-17(21-22)13-7-16(23)8-13)20-15-5-4-12-10-24-11-14(12)6-15/h4-6,9,13,16,20,23H,7-8,10-11H2,1-3H3. The van der Waals surface area contributed by atoms with Crippen LogP contribution in [0.4, 0.5) is 11.5 Å². The smallest absolute Gasteiger partial charge is 0.129 e. The van der Waals surface area contributed by atoms with Gasteiger partial charge in [0.15, 0.2) is 0 Å². The zero-order chi connectivity index (χ0) is 16.9. The third-order valence-corrected chi connectivity index (χ3v) is 5.92. The number of rotatable bonds is 3. The molecule has 2 heterocycles. The third kappa shape index (κ3) is 2.95. The summed E-state index contributed by atoms with van der Waals surface area (Å²) in [5.41, 5.74) is 5.03. The molecule has 1 aliphatic carbocycles. The molecule has 1 aromatic carbocycles. The van der Waals surface area contributed by atoms with Crippen LogP contribution < -0.4 is 5.32 Å². The quantitative estimate of drug-likeness (QED) is 0.869. The highest BCUT2D eigenvalue weighted by molar-refractivity contribution is 7.98. The van der Waals surface area contributed by atoms with Crippen molar-refractivity contribution in [1.82, 2.24) is 9.78 Å². The van der Waals surface area contributed by atoms with Crippen molar-refractivity contribution in [3.63, 3.8) is 0 Å². The molecule has 1 fully saturated rings. The van der Waals surface area contributed by atoms with Crippen LogP contribution in [-0.4, -0.2) is 21.0 Å². The van der Waals surface area contributed by atoms with Gasteiger partial charge in [-0.2, -0.15) is 16.9 Å². The van der Waals surface area contributed by atoms with Crippen LogP contribution in [-0.2, 0) is 17.0 Å². The molecule has 24 heavy (non-hydrogen) atoms. The number of hydrogen-bond acceptors (Lipinski definition) is 4. The van der Waals surface area contributed by atoms with E-state index in [1.807, 2.05) is 11.8 Å². The molecule has 0 unspecified atom stereocenters. The van der Waals surface area contributed by atoms with Crippen LogP contribution in [0.25, 0.3) is 0 Å². The number of aromatic nitrogens is 2. The number of aliphatic hydroxyl groups is 1. The van der Waals surface area contributed by atoms with Crippen molar-refractivity contribution in [2.45, 2.75) is 62.7 Å². The molecular weight excluding hydrogens is 318 g/mol. The van der Waals surface area contributed by atoms with Crippen molar-refractivity contribution in [2.24, 2.45) is 0 Å². The Morgan fingerprint density at radius 3 is 2.62 bits per heavy atom. The Morgan fingerprint density at radius 2 is 1.92 bits per heavy atom. The Hall–Kier alpha value is -1.46. The van der Waals surface area contributed by atoms with Crippen LogP contribution >= 0.6 is 11.8 Å². The molecule has 2 aromatic rings. The molecule has 0 bridgehead atoms. The van der Waals surface area contributed by atoms with Gasteiger partial charge >= 0.3 is 0 Å². The van der Waals surface area contributed by atoms with E-state index in [0.29, 0.717) is 5.92 Å². The summed E-state index contributed by atoms with van der Waals surface area (Å²) >= 11 is 1.98. The van der Waals surface area contributed by atoms with Gasteiger partial charge in [-0.3, -0.25) is 0 Å². The highest BCUT2D eigenvalue weighted by Gasteiger charge is 2.32. The number of thioether (sulfide) groups is 1.